The summed E-state index contributed by atoms with van der Waals surface area (Å²) in [6, 6.07) is 47.6. The van der Waals surface area contributed by atoms with Gasteiger partial charge < -0.3 is 51.3 Å². The number of benzene rings is 4. The van der Waals surface area contributed by atoms with Gasteiger partial charge in [-0.3, -0.25) is 9.89 Å². The maximum absolute atomic E-state index is 5.51. The molecule has 16 heteroatoms. The number of rotatable bonds is 15. The first-order valence-electron chi connectivity index (χ1n) is 44.2. The van der Waals surface area contributed by atoms with Gasteiger partial charge in [-0.15, -0.1) is 0 Å². The molecule has 0 aromatic heterocycles. The van der Waals surface area contributed by atoms with E-state index < -0.39 is 0 Å². The Balaban J connectivity index is 0.000000160. The monoisotopic (exact) mass is 1480 g/mol. The number of nitrogens with one attached hydrogen (secondary N) is 6. The minimum Gasteiger partial charge on any atom is -0.378 e. The van der Waals surface area contributed by atoms with Crippen LogP contribution in [0.5, 0.6) is 0 Å². The van der Waals surface area contributed by atoms with Gasteiger partial charge in [-0.25, -0.2) is 20.0 Å². The van der Waals surface area contributed by atoms with E-state index in [0.717, 1.165) is 73.6 Å². The number of para-hydroxylation sites is 4. The summed E-state index contributed by atoms with van der Waals surface area (Å²) in [4.78, 5) is 34.6. The zero-order valence-corrected chi connectivity index (χ0v) is 68.9. The fourth-order valence-electron chi connectivity index (χ4n) is 17.1. The lowest BCUT2D eigenvalue weighted by molar-refractivity contribution is 0.0680. The lowest BCUT2D eigenvalue weighted by atomic mass is 9.88. The summed E-state index contributed by atoms with van der Waals surface area (Å²) in [5.41, 5.74) is 4.33. The first kappa shape index (κ1) is 85.2. The maximum Gasteiger partial charge on any atom is 0.203 e. The Hall–Kier alpha value is -6.81. The molecule has 16 nitrogen and oxygen atoms in total. The molecular weight excluding hydrogens is 1330 g/mol. The van der Waals surface area contributed by atoms with Gasteiger partial charge in [0.05, 0.1) is 37.0 Å². The van der Waals surface area contributed by atoms with Crippen molar-refractivity contribution in [1.82, 2.24) is 41.3 Å². The summed E-state index contributed by atoms with van der Waals surface area (Å²) in [6.45, 7) is 15.8. The minimum absolute atomic E-state index is 0.326. The van der Waals surface area contributed by atoms with E-state index in [1.165, 1.54) is 274 Å². The average molecular weight is 1480 g/mol. The highest BCUT2D eigenvalue weighted by Crippen LogP contribution is 2.34. The molecule has 598 valence electrons. The molecule has 9 aliphatic rings. The smallest absolute Gasteiger partial charge is 0.203 e. The topological polar surface area (TPSA) is 156 Å². The molecule has 0 unspecified atom stereocenters. The van der Waals surface area contributed by atoms with Gasteiger partial charge in [-0.2, -0.15) is 0 Å². The Morgan fingerprint density at radius 2 is 0.722 bits per heavy atom. The van der Waals surface area contributed by atoms with E-state index in [0.29, 0.717) is 54.4 Å². The van der Waals surface area contributed by atoms with Crippen LogP contribution in [0.4, 0.5) is 22.7 Å². The van der Waals surface area contributed by atoms with E-state index in [1.54, 1.807) is 0 Å². The maximum atomic E-state index is 5.51. The number of anilines is 3. The number of hydrogen-bond acceptors (Lipinski definition) is 6. The van der Waals surface area contributed by atoms with Gasteiger partial charge in [0.15, 0.2) is 17.9 Å². The first-order chi connectivity index (χ1) is 52.9. The van der Waals surface area contributed by atoms with Crippen LogP contribution in [0.3, 0.4) is 0 Å². The van der Waals surface area contributed by atoms with Gasteiger partial charge in [0, 0.05) is 92.6 Å². The van der Waals surface area contributed by atoms with Gasteiger partial charge in [0.1, 0.15) is 0 Å². The molecule has 0 bridgehead atoms. The van der Waals surface area contributed by atoms with Crippen LogP contribution < -0.4 is 36.8 Å². The molecule has 0 spiro atoms. The van der Waals surface area contributed by atoms with Gasteiger partial charge in [0.25, 0.3) is 0 Å². The van der Waals surface area contributed by atoms with E-state index in [2.05, 4.69) is 173 Å². The largest absolute Gasteiger partial charge is 0.378 e. The van der Waals surface area contributed by atoms with Crippen LogP contribution >= 0.6 is 0 Å². The van der Waals surface area contributed by atoms with E-state index >= 15 is 0 Å². The van der Waals surface area contributed by atoms with Gasteiger partial charge in [-0.05, 0) is 193 Å². The number of aliphatic imine (C=N–C) groups is 5. The van der Waals surface area contributed by atoms with E-state index in [9.17, 15) is 0 Å². The van der Waals surface area contributed by atoms with Crippen molar-refractivity contribution in [2.24, 2.45) is 25.0 Å². The van der Waals surface area contributed by atoms with Crippen molar-refractivity contribution >= 4 is 52.5 Å². The summed E-state index contributed by atoms with van der Waals surface area (Å²) in [6.07, 6.45) is 54.4. The summed E-state index contributed by atoms with van der Waals surface area (Å²) >= 11 is 0. The Morgan fingerprint density at radius 3 is 1.10 bits per heavy atom. The highest BCUT2D eigenvalue weighted by atomic mass is 16.5. The Bertz CT molecular complexity index is 3050. The molecule has 1 aliphatic heterocycles. The number of hydrogen-bond donors (Lipinski definition) is 6. The molecule has 9 fully saturated rings. The molecule has 0 atom stereocenters. The van der Waals surface area contributed by atoms with E-state index in [1.807, 2.05) is 60.7 Å². The first-order valence-corrected chi connectivity index (χ1v) is 44.2. The van der Waals surface area contributed by atoms with Gasteiger partial charge >= 0.3 is 0 Å². The van der Waals surface area contributed by atoms with E-state index in [-0.39, 0.29) is 0 Å². The van der Waals surface area contributed by atoms with Crippen LogP contribution in [0.15, 0.2) is 146 Å². The summed E-state index contributed by atoms with van der Waals surface area (Å²) in [5.74, 6) is 5.28. The molecule has 4 aromatic carbocycles. The molecule has 4 aromatic rings. The summed E-state index contributed by atoms with van der Waals surface area (Å²) in [5, 5.41) is 21.6. The molecule has 13 rings (SSSR count). The molecule has 1 saturated heterocycles. The molecule has 8 aliphatic carbocycles. The van der Waals surface area contributed by atoms with Crippen molar-refractivity contribution in [1.29, 1.82) is 0 Å². The van der Waals surface area contributed by atoms with Crippen LogP contribution in [0.2, 0.25) is 0 Å². The second-order valence-corrected chi connectivity index (χ2v) is 33.6. The summed E-state index contributed by atoms with van der Waals surface area (Å²) < 4.78 is 5.43. The zero-order valence-electron chi connectivity index (χ0n) is 68.9. The molecular formula is C92H149N15O. The zero-order chi connectivity index (χ0) is 75.6. The third kappa shape index (κ3) is 31.9. The van der Waals surface area contributed by atoms with Crippen molar-refractivity contribution in [2.45, 2.75) is 365 Å². The highest BCUT2D eigenvalue weighted by Gasteiger charge is 2.34. The SMILES string of the molecule is C1CCC(N=C(NC2CCCCC2)N(C2CCCCC2)C2CCCCC2)CC1.CC(C)N=C(NC(C)C)NC(C)C.CN(C)C(=NC1CCCCC1)NC1CCCCC1.c1ccc(N(C(=NC2CCCCC2)NC2CCCCC2)c2ccccc2)cc1.c1ccc(N=C(Nc2ccccc2)N2CCOCC2)cc1. The third-order valence-electron chi connectivity index (χ3n) is 22.9. The summed E-state index contributed by atoms with van der Waals surface area (Å²) in [7, 11) is 4.22. The van der Waals surface area contributed by atoms with E-state index in [4.69, 9.17) is 24.7 Å². The normalized spacial score (nSPS) is 20.6. The number of morpholine rings is 1. The van der Waals surface area contributed by atoms with Crippen molar-refractivity contribution in [3.8, 4) is 0 Å². The van der Waals surface area contributed by atoms with Crippen LogP contribution in [0, 0.1) is 0 Å². The predicted molar refractivity (Wildman–Crippen MR) is 462 cm³/mol. The second-order valence-electron chi connectivity index (χ2n) is 33.6. The third-order valence-corrected chi connectivity index (χ3v) is 22.9. The van der Waals surface area contributed by atoms with Crippen molar-refractivity contribution in [3.05, 3.63) is 121 Å². The fraction of sp³-hybridized carbons (Fsp3) is 0.685. The van der Waals surface area contributed by atoms with Crippen LogP contribution in [-0.4, -0.2) is 151 Å². The lowest BCUT2D eigenvalue weighted by Gasteiger charge is -2.45. The Kier molecular flexibility index (Phi) is 39.0. The lowest BCUT2D eigenvalue weighted by Crippen LogP contribution is -2.56. The highest BCUT2D eigenvalue weighted by molar-refractivity contribution is 6.03. The van der Waals surface area contributed by atoms with Gasteiger partial charge in [0.2, 0.25) is 11.9 Å². The Labute approximate surface area is 656 Å². The van der Waals surface area contributed by atoms with Crippen molar-refractivity contribution in [3.63, 3.8) is 0 Å². The molecule has 1 heterocycles. The minimum atomic E-state index is 0.326. The van der Waals surface area contributed by atoms with Gasteiger partial charge in [-0.1, -0.05) is 227 Å². The predicted octanol–water partition coefficient (Wildman–Crippen LogP) is 21.0. The molecule has 108 heavy (non-hydrogen) atoms. The van der Waals surface area contributed by atoms with Crippen molar-refractivity contribution in [2.75, 3.05) is 50.6 Å². The average Bonchev–Trinajstić information content (AvgIpc) is 0.798. The standard InChI is InChI=1S/C25H45N3.C25H33N3.C17H19N3O.C15H29N3.C10H23N3/c2*1-5-13-21(14-6-1)26-25(27-22-15-7-2-8-16-22)28(23-17-9-3-10-18-23)24-19-11-4-12-20-24;1-3-7-15(8-4-1)18-17(20-11-13-21-14-12-20)19-16-9-5-2-6-10-16;1-18(2)15(16-13-9-5-3-6-10-13)17-14-11-7-4-8-12-14;1-7(2)11-10(12-8(3)4)13-9(5)6/h21-24H,1-20H2,(H,26,27);3-4,9-12,17-22H,1-2,5-8,13-16H2,(H,26,27);1-10H,11-14H2,(H,18,19);13-14H,3-12H2,1-2H3,(H,16,17);7-9H,1-6H3,(H2,11,12,13). The Morgan fingerprint density at radius 1 is 0.389 bits per heavy atom. The van der Waals surface area contributed by atoms with Crippen LogP contribution in [0.1, 0.15) is 298 Å². The molecule has 8 saturated carbocycles. The molecule has 0 amide bonds. The quantitative estimate of drug-likeness (QED) is 0.0498. The second kappa shape index (κ2) is 49.4. The number of ether oxygens (including phenoxy) is 1. The van der Waals surface area contributed by atoms with Crippen molar-refractivity contribution < 1.29 is 4.74 Å². The fourth-order valence-corrected chi connectivity index (χ4v) is 17.1. The van der Waals surface area contributed by atoms with Crippen LogP contribution in [-0.2, 0) is 4.74 Å². The number of guanidine groups is 5. The molecule has 0 radical (unpaired) electrons. The van der Waals surface area contributed by atoms with Crippen LogP contribution in [0.25, 0.3) is 0 Å². The number of nitrogens with zero attached hydrogens (tertiary/aromatic N) is 9. The molecule has 6 N–H and O–H groups in total.